The van der Waals surface area contributed by atoms with Crippen LogP contribution in [0.2, 0.25) is 0 Å². The molecule has 0 saturated heterocycles. The van der Waals surface area contributed by atoms with Gasteiger partial charge in [-0.3, -0.25) is 10.1 Å². The van der Waals surface area contributed by atoms with Crippen molar-refractivity contribution in [3.8, 4) is 0 Å². The third-order valence-electron chi connectivity index (χ3n) is 2.36. The van der Waals surface area contributed by atoms with Crippen molar-refractivity contribution in [2.24, 2.45) is 0 Å². The van der Waals surface area contributed by atoms with Gasteiger partial charge in [-0.25, -0.2) is 0 Å². The van der Waals surface area contributed by atoms with Crippen molar-refractivity contribution in [2.45, 2.75) is 13.5 Å². The van der Waals surface area contributed by atoms with Gasteiger partial charge in [0.05, 0.1) is 24.7 Å². The van der Waals surface area contributed by atoms with Crippen molar-refractivity contribution >= 4 is 11.4 Å². The minimum absolute atomic E-state index is 0.0713. The molecular formula is C12H18N2O4. The van der Waals surface area contributed by atoms with Gasteiger partial charge in [-0.05, 0) is 13.0 Å². The average Bonchev–Trinajstić information content (AvgIpc) is 2.36. The fourth-order valence-corrected chi connectivity index (χ4v) is 1.50. The van der Waals surface area contributed by atoms with Crippen LogP contribution in [0.15, 0.2) is 18.2 Å². The van der Waals surface area contributed by atoms with E-state index < -0.39 is 4.92 Å². The fraction of sp³-hybridized carbons (Fsp3) is 0.500. The molecule has 0 spiro atoms. The number of ether oxygens (including phenoxy) is 2. The van der Waals surface area contributed by atoms with E-state index in [2.05, 4.69) is 5.32 Å². The van der Waals surface area contributed by atoms with Crippen molar-refractivity contribution in [3.63, 3.8) is 0 Å². The number of nitro benzene ring substituents is 1. The van der Waals surface area contributed by atoms with Crippen LogP contribution in [0.25, 0.3) is 0 Å². The largest absolute Gasteiger partial charge is 0.385 e. The standard InChI is InChI=1S/C12H18N2O4/c1-3-13-12-5-4-11(14(15)16)8-10(12)9-18-7-6-17-2/h4-5,8,13H,3,6-7,9H2,1-2H3. The third-order valence-corrected chi connectivity index (χ3v) is 2.36. The maximum Gasteiger partial charge on any atom is 0.269 e. The first-order chi connectivity index (χ1) is 8.69. The summed E-state index contributed by atoms with van der Waals surface area (Å²) in [6.45, 7) is 4.02. The SMILES string of the molecule is CCNc1ccc([N+](=O)[O-])cc1COCCOC. The van der Waals surface area contributed by atoms with E-state index in [1.807, 2.05) is 6.92 Å². The van der Waals surface area contributed by atoms with E-state index in [0.29, 0.717) is 19.8 Å². The van der Waals surface area contributed by atoms with Crippen LogP contribution in [0, 0.1) is 10.1 Å². The minimum atomic E-state index is -0.408. The molecule has 18 heavy (non-hydrogen) atoms. The lowest BCUT2D eigenvalue weighted by molar-refractivity contribution is -0.384. The number of non-ortho nitro benzene ring substituents is 1. The van der Waals surface area contributed by atoms with Gasteiger partial charge in [0.25, 0.3) is 5.69 Å². The second-order valence-corrected chi connectivity index (χ2v) is 3.67. The Balaban J connectivity index is 2.75. The van der Waals surface area contributed by atoms with E-state index in [4.69, 9.17) is 9.47 Å². The number of benzene rings is 1. The van der Waals surface area contributed by atoms with Gasteiger partial charge in [-0.1, -0.05) is 0 Å². The zero-order chi connectivity index (χ0) is 13.4. The van der Waals surface area contributed by atoms with Crippen LogP contribution in [0.4, 0.5) is 11.4 Å². The number of nitrogens with one attached hydrogen (secondary N) is 1. The first-order valence-electron chi connectivity index (χ1n) is 5.77. The second-order valence-electron chi connectivity index (χ2n) is 3.67. The molecule has 0 aliphatic carbocycles. The lowest BCUT2D eigenvalue weighted by atomic mass is 10.1. The van der Waals surface area contributed by atoms with E-state index in [-0.39, 0.29) is 5.69 Å². The van der Waals surface area contributed by atoms with Crippen LogP contribution in [0.3, 0.4) is 0 Å². The molecule has 0 heterocycles. The summed E-state index contributed by atoms with van der Waals surface area (Å²) in [4.78, 5) is 10.3. The quantitative estimate of drug-likeness (QED) is 0.437. The maximum atomic E-state index is 10.7. The Hall–Kier alpha value is -1.66. The van der Waals surface area contributed by atoms with E-state index in [1.165, 1.54) is 12.1 Å². The molecule has 100 valence electrons. The lowest BCUT2D eigenvalue weighted by Gasteiger charge is -2.11. The molecule has 0 aliphatic heterocycles. The smallest absolute Gasteiger partial charge is 0.269 e. The van der Waals surface area contributed by atoms with Crippen molar-refractivity contribution in [1.29, 1.82) is 0 Å². The van der Waals surface area contributed by atoms with E-state index in [0.717, 1.165) is 17.8 Å². The third kappa shape index (κ3) is 4.31. The Bertz CT molecular complexity index is 396. The monoisotopic (exact) mass is 254 g/mol. The molecule has 1 rings (SSSR count). The topological polar surface area (TPSA) is 73.6 Å². The van der Waals surface area contributed by atoms with E-state index in [1.54, 1.807) is 13.2 Å². The van der Waals surface area contributed by atoms with Gasteiger partial charge >= 0.3 is 0 Å². The Kier molecular flexibility index (Phi) is 6.10. The van der Waals surface area contributed by atoms with Gasteiger partial charge in [0, 0.05) is 37.0 Å². The predicted molar refractivity (Wildman–Crippen MR) is 68.8 cm³/mol. The maximum absolute atomic E-state index is 10.7. The normalized spacial score (nSPS) is 10.3. The van der Waals surface area contributed by atoms with Crippen LogP contribution >= 0.6 is 0 Å². The number of nitrogens with zero attached hydrogens (tertiary/aromatic N) is 1. The van der Waals surface area contributed by atoms with Crippen LogP contribution in [0.5, 0.6) is 0 Å². The van der Waals surface area contributed by atoms with Crippen molar-refractivity contribution < 1.29 is 14.4 Å². The number of methoxy groups -OCH3 is 1. The molecule has 6 heteroatoms. The highest BCUT2D eigenvalue weighted by molar-refractivity contribution is 5.55. The number of rotatable bonds is 8. The molecule has 0 radical (unpaired) electrons. The van der Waals surface area contributed by atoms with Crippen molar-refractivity contribution in [2.75, 3.05) is 32.2 Å². The lowest BCUT2D eigenvalue weighted by Crippen LogP contribution is -2.06. The van der Waals surface area contributed by atoms with Gasteiger partial charge in [0.15, 0.2) is 0 Å². The molecule has 6 nitrogen and oxygen atoms in total. The second kappa shape index (κ2) is 7.62. The molecule has 0 bridgehead atoms. The molecule has 0 atom stereocenters. The van der Waals surface area contributed by atoms with Crippen molar-refractivity contribution in [1.82, 2.24) is 0 Å². The Morgan fingerprint density at radius 3 is 2.78 bits per heavy atom. The molecule has 1 N–H and O–H groups in total. The predicted octanol–water partition coefficient (Wildman–Crippen LogP) is 2.19. The molecule has 1 aromatic rings. The molecule has 0 unspecified atom stereocenters. The zero-order valence-electron chi connectivity index (χ0n) is 10.6. The summed E-state index contributed by atoms with van der Waals surface area (Å²) in [5, 5.41) is 13.9. The first kappa shape index (κ1) is 14.4. The number of anilines is 1. The number of hydrogen-bond acceptors (Lipinski definition) is 5. The Morgan fingerprint density at radius 1 is 1.39 bits per heavy atom. The molecular weight excluding hydrogens is 236 g/mol. The molecule has 0 aliphatic rings. The van der Waals surface area contributed by atoms with Gasteiger partial charge in [-0.2, -0.15) is 0 Å². The molecule has 0 aromatic heterocycles. The summed E-state index contributed by atoms with van der Waals surface area (Å²) in [6, 6.07) is 4.72. The summed E-state index contributed by atoms with van der Waals surface area (Å²) < 4.78 is 10.3. The molecule has 0 amide bonds. The molecule has 1 aromatic carbocycles. The van der Waals surface area contributed by atoms with Crippen LogP contribution in [-0.4, -0.2) is 31.8 Å². The highest BCUT2D eigenvalue weighted by Crippen LogP contribution is 2.22. The van der Waals surface area contributed by atoms with Crippen LogP contribution in [-0.2, 0) is 16.1 Å². The summed E-state index contributed by atoms with van der Waals surface area (Å²) in [5.74, 6) is 0. The summed E-state index contributed by atoms with van der Waals surface area (Å²) in [6.07, 6.45) is 0. The van der Waals surface area contributed by atoms with Gasteiger partial charge < -0.3 is 14.8 Å². The Labute approximate surface area is 106 Å². The highest BCUT2D eigenvalue weighted by Gasteiger charge is 2.10. The van der Waals surface area contributed by atoms with Gasteiger partial charge in [-0.15, -0.1) is 0 Å². The van der Waals surface area contributed by atoms with Gasteiger partial charge in [0.2, 0.25) is 0 Å². The molecule has 0 saturated carbocycles. The summed E-state index contributed by atoms with van der Waals surface area (Å²) in [5.41, 5.74) is 1.71. The van der Waals surface area contributed by atoms with Gasteiger partial charge in [0.1, 0.15) is 0 Å². The van der Waals surface area contributed by atoms with E-state index >= 15 is 0 Å². The number of hydrogen-bond donors (Lipinski definition) is 1. The fourth-order valence-electron chi connectivity index (χ4n) is 1.50. The summed E-state index contributed by atoms with van der Waals surface area (Å²) >= 11 is 0. The first-order valence-corrected chi connectivity index (χ1v) is 5.77. The van der Waals surface area contributed by atoms with Crippen molar-refractivity contribution in [3.05, 3.63) is 33.9 Å². The van der Waals surface area contributed by atoms with Crippen LogP contribution < -0.4 is 5.32 Å². The molecule has 0 fully saturated rings. The highest BCUT2D eigenvalue weighted by atomic mass is 16.6. The average molecular weight is 254 g/mol. The number of nitro groups is 1. The Morgan fingerprint density at radius 2 is 2.17 bits per heavy atom. The van der Waals surface area contributed by atoms with E-state index in [9.17, 15) is 10.1 Å². The minimum Gasteiger partial charge on any atom is -0.385 e. The zero-order valence-corrected chi connectivity index (χ0v) is 10.6. The van der Waals surface area contributed by atoms with Crippen LogP contribution in [0.1, 0.15) is 12.5 Å². The summed E-state index contributed by atoms with van der Waals surface area (Å²) in [7, 11) is 1.60.